The van der Waals surface area contributed by atoms with Crippen LogP contribution >= 0.6 is 0 Å². The molecule has 0 radical (unpaired) electrons. The average molecular weight is 411 g/mol. The maximum Gasteiger partial charge on any atom is 0.342 e. The number of hydrogen-bond acceptors (Lipinski definition) is 5. The molecule has 0 saturated carbocycles. The second-order valence-electron chi connectivity index (χ2n) is 7.32. The van der Waals surface area contributed by atoms with Crippen molar-refractivity contribution in [1.82, 2.24) is 0 Å². The van der Waals surface area contributed by atoms with Crippen LogP contribution in [0.25, 0.3) is 0 Å². The summed E-state index contributed by atoms with van der Waals surface area (Å²) in [6.07, 6.45) is 13.5. The van der Waals surface area contributed by atoms with Crippen LogP contribution in [0.5, 0.6) is 0 Å². The Bertz CT molecular complexity index is 454. The molecule has 0 aliphatic carbocycles. The minimum atomic E-state index is -0.581. The van der Waals surface area contributed by atoms with E-state index in [1.807, 2.05) is 0 Å². The van der Waals surface area contributed by atoms with E-state index in [1.165, 1.54) is 0 Å². The Labute approximate surface area is 177 Å². The summed E-state index contributed by atoms with van der Waals surface area (Å²) in [6, 6.07) is 0. The monoisotopic (exact) mass is 410 g/mol. The molecule has 0 aromatic heterocycles. The number of carbonyl (C=O) groups is 2. The first-order valence-corrected chi connectivity index (χ1v) is 11.4. The van der Waals surface area contributed by atoms with Crippen molar-refractivity contribution in [2.45, 2.75) is 97.8 Å². The van der Waals surface area contributed by atoms with Crippen molar-refractivity contribution < 1.29 is 23.8 Å². The van der Waals surface area contributed by atoms with Crippen LogP contribution < -0.4 is 0 Å². The molecule has 0 bridgehead atoms. The van der Waals surface area contributed by atoms with Crippen molar-refractivity contribution >= 4 is 11.9 Å². The molecular formula is C24H42O5. The average Bonchev–Trinajstić information content (AvgIpc) is 2.71. The molecule has 0 heterocycles. The number of hydrogen-bond donors (Lipinski definition) is 0. The zero-order chi connectivity index (χ0) is 21.7. The van der Waals surface area contributed by atoms with Crippen LogP contribution in [-0.4, -0.2) is 31.8 Å². The lowest BCUT2D eigenvalue weighted by Crippen LogP contribution is -2.15. The van der Waals surface area contributed by atoms with Gasteiger partial charge in [0, 0.05) is 6.08 Å². The van der Waals surface area contributed by atoms with E-state index < -0.39 is 11.9 Å². The fourth-order valence-corrected chi connectivity index (χ4v) is 2.69. The van der Waals surface area contributed by atoms with E-state index in [4.69, 9.17) is 14.2 Å². The molecule has 0 saturated heterocycles. The van der Waals surface area contributed by atoms with Crippen LogP contribution in [0.1, 0.15) is 97.8 Å². The van der Waals surface area contributed by atoms with Crippen molar-refractivity contribution in [3.63, 3.8) is 0 Å². The van der Waals surface area contributed by atoms with Gasteiger partial charge in [-0.15, -0.1) is 0 Å². The number of unbranched alkanes of at least 4 members (excludes halogenated alkanes) is 9. The van der Waals surface area contributed by atoms with Gasteiger partial charge in [0.1, 0.15) is 11.3 Å². The van der Waals surface area contributed by atoms with Crippen molar-refractivity contribution in [1.29, 1.82) is 0 Å². The summed E-state index contributed by atoms with van der Waals surface area (Å²) in [5.41, 5.74) is 0.0505. The van der Waals surface area contributed by atoms with Crippen molar-refractivity contribution in [2.75, 3.05) is 19.8 Å². The fourth-order valence-electron chi connectivity index (χ4n) is 2.69. The van der Waals surface area contributed by atoms with Crippen LogP contribution in [-0.2, 0) is 23.8 Å². The molecule has 0 unspecified atom stereocenters. The van der Waals surface area contributed by atoms with Crippen LogP contribution in [0.3, 0.4) is 0 Å². The van der Waals surface area contributed by atoms with E-state index in [2.05, 4.69) is 27.4 Å². The molecule has 5 nitrogen and oxygen atoms in total. The van der Waals surface area contributed by atoms with Gasteiger partial charge < -0.3 is 14.2 Å². The van der Waals surface area contributed by atoms with Gasteiger partial charge in [-0.1, -0.05) is 85.1 Å². The minimum absolute atomic E-state index is 0.0505. The second-order valence-corrected chi connectivity index (χ2v) is 7.32. The Balaban J connectivity index is 4.68. The lowest BCUT2D eigenvalue weighted by atomic mass is 10.2. The number of rotatable bonds is 19. The summed E-state index contributed by atoms with van der Waals surface area (Å²) >= 11 is 0. The predicted molar refractivity (Wildman–Crippen MR) is 118 cm³/mol. The molecule has 0 aliphatic heterocycles. The lowest BCUT2D eigenvalue weighted by molar-refractivity contribution is -0.141. The summed E-state index contributed by atoms with van der Waals surface area (Å²) in [5.74, 6) is -0.971. The Morgan fingerprint density at radius 2 is 1.10 bits per heavy atom. The van der Waals surface area contributed by atoms with Crippen LogP contribution in [0.4, 0.5) is 0 Å². The first kappa shape index (κ1) is 27.2. The van der Waals surface area contributed by atoms with E-state index >= 15 is 0 Å². The molecule has 0 atom stereocenters. The molecule has 0 amide bonds. The van der Waals surface area contributed by atoms with Gasteiger partial charge in [0.25, 0.3) is 0 Å². The maximum absolute atomic E-state index is 12.5. The van der Waals surface area contributed by atoms with Gasteiger partial charge in [-0.3, -0.25) is 0 Å². The SMILES string of the molecule is C=C(OCCCCCC)/C(=C/C(=O)OCCCCCC)C(=O)OCCCCCC. The van der Waals surface area contributed by atoms with Gasteiger partial charge in [0.15, 0.2) is 0 Å². The van der Waals surface area contributed by atoms with Gasteiger partial charge >= 0.3 is 11.9 Å². The zero-order valence-corrected chi connectivity index (χ0v) is 18.9. The highest BCUT2D eigenvalue weighted by molar-refractivity contribution is 5.99. The van der Waals surface area contributed by atoms with E-state index in [-0.39, 0.29) is 11.3 Å². The molecule has 0 rings (SSSR count). The molecule has 29 heavy (non-hydrogen) atoms. The van der Waals surface area contributed by atoms with Gasteiger partial charge in [-0.2, -0.15) is 0 Å². The van der Waals surface area contributed by atoms with Gasteiger partial charge in [0.2, 0.25) is 0 Å². The smallest absolute Gasteiger partial charge is 0.342 e. The van der Waals surface area contributed by atoms with Crippen molar-refractivity contribution in [2.24, 2.45) is 0 Å². The molecule has 0 aliphatic rings. The second kappa shape index (κ2) is 19.5. The largest absolute Gasteiger partial charge is 0.493 e. The summed E-state index contributed by atoms with van der Waals surface area (Å²) in [7, 11) is 0. The fraction of sp³-hybridized carbons (Fsp3) is 0.750. The summed E-state index contributed by atoms with van der Waals surface area (Å²) in [4.78, 5) is 24.6. The first-order valence-electron chi connectivity index (χ1n) is 11.4. The number of ether oxygens (including phenoxy) is 3. The Morgan fingerprint density at radius 3 is 1.59 bits per heavy atom. The topological polar surface area (TPSA) is 61.8 Å². The molecule has 168 valence electrons. The van der Waals surface area contributed by atoms with E-state index in [0.29, 0.717) is 19.8 Å². The molecule has 0 fully saturated rings. The molecule has 0 aromatic carbocycles. The number of carbonyl (C=O) groups excluding carboxylic acids is 2. The Hall–Kier alpha value is -1.78. The van der Waals surface area contributed by atoms with Crippen LogP contribution in [0.2, 0.25) is 0 Å². The van der Waals surface area contributed by atoms with Gasteiger partial charge in [0.05, 0.1) is 19.8 Å². The lowest BCUT2D eigenvalue weighted by Gasteiger charge is -2.13. The van der Waals surface area contributed by atoms with Crippen LogP contribution in [0, 0.1) is 0 Å². The van der Waals surface area contributed by atoms with Crippen molar-refractivity contribution in [3.8, 4) is 0 Å². The van der Waals surface area contributed by atoms with E-state index in [9.17, 15) is 9.59 Å². The van der Waals surface area contributed by atoms with E-state index in [1.54, 1.807) is 0 Å². The molecule has 5 heteroatoms. The highest BCUT2D eigenvalue weighted by Crippen LogP contribution is 2.14. The van der Waals surface area contributed by atoms with E-state index in [0.717, 1.165) is 83.1 Å². The van der Waals surface area contributed by atoms with Crippen LogP contribution in [0.15, 0.2) is 24.0 Å². The summed E-state index contributed by atoms with van der Waals surface area (Å²) in [5, 5.41) is 0. The zero-order valence-electron chi connectivity index (χ0n) is 18.9. The molecule has 0 spiro atoms. The Kier molecular flexibility index (Phi) is 18.3. The van der Waals surface area contributed by atoms with Crippen molar-refractivity contribution in [3.05, 3.63) is 24.0 Å². The minimum Gasteiger partial charge on any atom is -0.493 e. The first-order chi connectivity index (χ1) is 14.1. The highest BCUT2D eigenvalue weighted by atomic mass is 16.5. The number of esters is 2. The Morgan fingerprint density at radius 1 is 0.655 bits per heavy atom. The molecule has 0 aromatic rings. The third-order valence-electron chi connectivity index (χ3n) is 4.53. The van der Waals surface area contributed by atoms with Gasteiger partial charge in [-0.05, 0) is 19.3 Å². The third-order valence-corrected chi connectivity index (χ3v) is 4.53. The normalized spacial score (nSPS) is 11.2. The summed E-state index contributed by atoms with van der Waals surface area (Å²) in [6.45, 7) is 11.4. The molecular weight excluding hydrogens is 368 g/mol. The van der Waals surface area contributed by atoms with Gasteiger partial charge in [-0.25, -0.2) is 9.59 Å². The standard InChI is InChI=1S/C24H42O5/c1-5-8-11-14-17-27-21(4)22(24(26)29-19-16-13-10-7-3)20-23(25)28-18-15-12-9-6-2/h20H,4-19H2,1-3H3/b22-20-. The summed E-state index contributed by atoms with van der Waals surface area (Å²) < 4.78 is 16.1. The quantitative estimate of drug-likeness (QED) is 0.0825. The molecule has 0 N–H and O–H groups in total. The third kappa shape index (κ3) is 15.8. The predicted octanol–water partition coefficient (Wildman–Crippen LogP) is 6.27. The maximum atomic E-state index is 12.5. The highest BCUT2D eigenvalue weighted by Gasteiger charge is 2.18.